The number of amides is 1. The zero-order valence-corrected chi connectivity index (χ0v) is 11.8. The second-order valence-corrected chi connectivity index (χ2v) is 5.01. The lowest BCUT2D eigenvalue weighted by Crippen LogP contribution is -2.26. The highest BCUT2D eigenvalue weighted by atomic mass is 16.1. The molecule has 0 saturated carbocycles. The van der Waals surface area contributed by atoms with Crippen molar-refractivity contribution >= 4 is 16.8 Å². The van der Waals surface area contributed by atoms with E-state index < -0.39 is 0 Å². The van der Waals surface area contributed by atoms with E-state index in [1.807, 2.05) is 25.1 Å². The molecule has 0 spiro atoms. The van der Waals surface area contributed by atoms with Gasteiger partial charge in [0.1, 0.15) is 0 Å². The Labute approximate surface area is 114 Å². The molecule has 0 bridgehead atoms. The molecule has 2 rings (SSSR count). The average Bonchev–Trinajstić information content (AvgIpc) is 2.72. The van der Waals surface area contributed by atoms with Gasteiger partial charge in [0.25, 0.3) is 0 Å². The number of unbranched alkanes of at least 4 members (excludes halogenated alkanes) is 2. The number of fused-ring (bicyclic) bond motifs is 1. The van der Waals surface area contributed by atoms with Gasteiger partial charge in [-0.2, -0.15) is 0 Å². The highest BCUT2D eigenvalue weighted by molar-refractivity contribution is 5.90. The van der Waals surface area contributed by atoms with Gasteiger partial charge in [0, 0.05) is 23.1 Å². The van der Waals surface area contributed by atoms with Crippen LogP contribution < -0.4 is 5.32 Å². The van der Waals surface area contributed by atoms with Gasteiger partial charge in [-0.15, -0.1) is 0 Å². The van der Waals surface area contributed by atoms with Crippen LogP contribution in [0.1, 0.15) is 37.4 Å². The first-order valence-electron chi connectivity index (χ1n) is 7.05. The number of hydrogen-bond acceptors (Lipinski definition) is 1. The first-order valence-corrected chi connectivity index (χ1v) is 7.05. The Morgan fingerprint density at radius 3 is 2.84 bits per heavy atom. The summed E-state index contributed by atoms with van der Waals surface area (Å²) in [6.07, 6.45) is 3.88. The number of para-hydroxylation sites is 1. The molecule has 3 heteroatoms. The Balaban J connectivity index is 2.00. The Hall–Kier alpha value is -1.77. The number of rotatable bonds is 6. The van der Waals surface area contributed by atoms with E-state index in [4.69, 9.17) is 0 Å². The molecule has 0 radical (unpaired) electrons. The van der Waals surface area contributed by atoms with Crippen LogP contribution in [0, 0.1) is 6.92 Å². The van der Waals surface area contributed by atoms with Gasteiger partial charge in [-0.3, -0.25) is 4.79 Å². The minimum Gasteiger partial charge on any atom is -0.358 e. The third-order valence-corrected chi connectivity index (χ3v) is 3.47. The van der Waals surface area contributed by atoms with Crippen LogP contribution in [0.2, 0.25) is 0 Å². The highest BCUT2D eigenvalue weighted by Gasteiger charge is 2.11. The summed E-state index contributed by atoms with van der Waals surface area (Å²) in [5.41, 5.74) is 3.31. The van der Waals surface area contributed by atoms with Crippen molar-refractivity contribution in [2.24, 2.45) is 0 Å². The Kier molecular flexibility index (Phi) is 4.61. The maximum atomic E-state index is 11.9. The molecule has 1 aromatic carbocycles. The molecule has 0 aliphatic rings. The molecule has 0 unspecified atom stereocenters. The maximum absolute atomic E-state index is 11.9. The van der Waals surface area contributed by atoms with Gasteiger partial charge >= 0.3 is 0 Å². The second-order valence-electron chi connectivity index (χ2n) is 5.01. The molecule has 0 aliphatic heterocycles. The van der Waals surface area contributed by atoms with Crippen LogP contribution in [0.4, 0.5) is 0 Å². The SMILES string of the molecule is CCCCCNC(=O)Cc1c(C)[nH]c2ccccc12. The predicted molar refractivity (Wildman–Crippen MR) is 79.3 cm³/mol. The number of aryl methyl sites for hydroxylation is 1. The molecule has 0 atom stereocenters. The van der Waals surface area contributed by atoms with Crippen LogP contribution in [0.3, 0.4) is 0 Å². The summed E-state index contributed by atoms with van der Waals surface area (Å²) >= 11 is 0. The van der Waals surface area contributed by atoms with Crippen LogP contribution in [-0.2, 0) is 11.2 Å². The lowest BCUT2D eigenvalue weighted by Gasteiger charge is -2.05. The zero-order chi connectivity index (χ0) is 13.7. The van der Waals surface area contributed by atoms with Crippen molar-refractivity contribution in [2.75, 3.05) is 6.54 Å². The fourth-order valence-corrected chi connectivity index (χ4v) is 2.39. The van der Waals surface area contributed by atoms with Crippen LogP contribution in [-0.4, -0.2) is 17.4 Å². The van der Waals surface area contributed by atoms with Crippen molar-refractivity contribution in [2.45, 2.75) is 39.5 Å². The molecule has 1 amide bonds. The molecule has 2 N–H and O–H groups in total. The van der Waals surface area contributed by atoms with Gasteiger partial charge in [-0.05, 0) is 25.0 Å². The number of carbonyl (C=O) groups excluding carboxylic acids is 1. The topological polar surface area (TPSA) is 44.9 Å². The van der Waals surface area contributed by atoms with Crippen molar-refractivity contribution in [3.63, 3.8) is 0 Å². The van der Waals surface area contributed by atoms with Gasteiger partial charge < -0.3 is 10.3 Å². The second kappa shape index (κ2) is 6.41. The van der Waals surface area contributed by atoms with Crippen LogP contribution >= 0.6 is 0 Å². The van der Waals surface area contributed by atoms with E-state index in [0.717, 1.165) is 35.1 Å². The minimum absolute atomic E-state index is 0.115. The number of nitrogens with one attached hydrogen (secondary N) is 2. The molecule has 0 saturated heterocycles. The van der Waals surface area contributed by atoms with Gasteiger partial charge in [0.2, 0.25) is 5.91 Å². The van der Waals surface area contributed by atoms with Crippen LogP contribution in [0.25, 0.3) is 10.9 Å². The van der Waals surface area contributed by atoms with Crippen LogP contribution in [0.5, 0.6) is 0 Å². The van der Waals surface area contributed by atoms with Gasteiger partial charge in [0.05, 0.1) is 6.42 Å². The standard InChI is InChI=1S/C16H22N2O/c1-3-4-7-10-17-16(19)11-14-12(2)18-15-9-6-5-8-13(14)15/h5-6,8-9,18H,3-4,7,10-11H2,1-2H3,(H,17,19). The number of benzene rings is 1. The third-order valence-electron chi connectivity index (χ3n) is 3.47. The van der Waals surface area contributed by atoms with Crippen molar-refractivity contribution in [1.29, 1.82) is 0 Å². The molecular weight excluding hydrogens is 236 g/mol. The van der Waals surface area contributed by atoms with E-state index in [0.29, 0.717) is 6.42 Å². The number of hydrogen-bond donors (Lipinski definition) is 2. The van der Waals surface area contributed by atoms with Gasteiger partial charge in [0.15, 0.2) is 0 Å². The first kappa shape index (κ1) is 13.7. The normalized spacial score (nSPS) is 10.8. The molecule has 19 heavy (non-hydrogen) atoms. The minimum atomic E-state index is 0.115. The monoisotopic (exact) mass is 258 g/mol. The lowest BCUT2D eigenvalue weighted by molar-refractivity contribution is -0.120. The largest absolute Gasteiger partial charge is 0.358 e. The molecule has 0 aliphatic carbocycles. The first-order chi connectivity index (χ1) is 9.22. The Bertz CT molecular complexity index is 557. The van der Waals surface area contributed by atoms with Gasteiger partial charge in [-0.25, -0.2) is 0 Å². The molecule has 1 heterocycles. The van der Waals surface area contributed by atoms with Crippen molar-refractivity contribution in [1.82, 2.24) is 10.3 Å². The van der Waals surface area contributed by atoms with Crippen molar-refractivity contribution in [3.8, 4) is 0 Å². The summed E-state index contributed by atoms with van der Waals surface area (Å²) in [4.78, 5) is 15.3. The summed E-state index contributed by atoms with van der Waals surface area (Å²) in [7, 11) is 0. The zero-order valence-electron chi connectivity index (χ0n) is 11.8. The number of aromatic amines is 1. The lowest BCUT2D eigenvalue weighted by atomic mass is 10.1. The maximum Gasteiger partial charge on any atom is 0.224 e. The van der Waals surface area contributed by atoms with Crippen LogP contribution in [0.15, 0.2) is 24.3 Å². The number of H-pyrrole nitrogens is 1. The number of carbonyl (C=O) groups is 1. The van der Waals surface area contributed by atoms with Crippen molar-refractivity contribution < 1.29 is 4.79 Å². The van der Waals surface area contributed by atoms with E-state index in [9.17, 15) is 4.79 Å². The van der Waals surface area contributed by atoms with Gasteiger partial charge in [-0.1, -0.05) is 38.0 Å². The van der Waals surface area contributed by atoms with E-state index in [1.54, 1.807) is 0 Å². The summed E-state index contributed by atoms with van der Waals surface area (Å²) < 4.78 is 0. The van der Waals surface area contributed by atoms with E-state index in [1.165, 1.54) is 12.8 Å². The quantitative estimate of drug-likeness (QED) is 0.767. The summed E-state index contributed by atoms with van der Waals surface area (Å²) in [6, 6.07) is 8.13. The highest BCUT2D eigenvalue weighted by Crippen LogP contribution is 2.22. The summed E-state index contributed by atoms with van der Waals surface area (Å²) in [6.45, 7) is 4.98. The molecule has 102 valence electrons. The molecular formula is C16H22N2O. The van der Waals surface area contributed by atoms with Crippen molar-refractivity contribution in [3.05, 3.63) is 35.5 Å². The summed E-state index contributed by atoms with van der Waals surface area (Å²) in [5, 5.41) is 4.15. The number of aromatic nitrogens is 1. The molecule has 0 fully saturated rings. The third kappa shape index (κ3) is 3.37. The fraction of sp³-hybridized carbons (Fsp3) is 0.438. The molecule has 1 aromatic heterocycles. The predicted octanol–water partition coefficient (Wildman–Crippen LogP) is 3.33. The molecule has 3 nitrogen and oxygen atoms in total. The summed E-state index contributed by atoms with van der Waals surface area (Å²) in [5.74, 6) is 0.115. The van der Waals surface area contributed by atoms with E-state index >= 15 is 0 Å². The Morgan fingerprint density at radius 2 is 2.05 bits per heavy atom. The van der Waals surface area contributed by atoms with E-state index in [-0.39, 0.29) is 5.91 Å². The fourth-order valence-electron chi connectivity index (χ4n) is 2.39. The Morgan fingerprint density at radius 1 is 1.26 bits per heavy atom. The average molecular weight is 258 g/mol. The smallest absolute Gasteiger partial charge is 0.224 e. The molecule has 2 aromatic rings. The van der Waals surface area contributed by atoms with E-state index in [2.05, 4.69) is 23.3 Å².